The monoisotopic (exact) mass is 517 g/mol. The maximum Gasteiger partial charge on any atom is 0.276 e. The Bertz CT molecular complexity index is 1490. The van der Waals surface area contributed by atoms with Crippen molar-refractivity contribution in [3.63, 3.8) is 0 Å². The maximum absolute atomic E-state index is 13.5. The highest BCUT2D eigenvalue weighted by molar-refractivity contribution is 7.89. The van der Waals surface area contributed by atoms with Gasteiger partial charge in [-0.25, -0.2) is 0 Å². The van der Waals surface area contributed by atoms with Gasteiger partial charge in [-0.05, 0) is 63.1 Å². The second-order valence-corrected chi connectivity index (χ2v) is 10.4. The number of para-hydroxylation sites is 2. The summed E-state index contributed by atoms with van der Waals surface area (Å²) in [6.45, 7) is 7.11. The second kappa shape index (κ2) is 10.4. The van der Waals surface area contributed by atoms with Crippen LogP contribution in [0.25, 0.3) is 0 Å². The van der Waals surface area contributed by atoms with E-state index in [2.05, 4.69) is 20.4 Å². The van der Waals surface area contributed by atoms with Crippen LogP contribution in [-0.4, -0.2) is 31.7 Å². The van der Waals surface area contributed by atoms with Gasteiger partial charge in [0.25, 0.3) is 21.8 Å². The predicted molar refractivity (Wildman–Crippen MR) is 144 cm³/mol. The predicted octanol–water partition coefficient (Wildman–Crippen LogP) is 3.92. The van der Waals surface area contributed by atoms with Crippen molar-refractivity contribution < 1.29 is 18.0 Å². The zero-order chi connectivity index (χ0) is 26.7. The minimum atomic E-state index is -4.11. The number of amides is 2. The van der Waals surface area contributed by atoms with Gasteiger partial charge in [-0.3, -0.25) is 9.59 Å². The lowest BCUT2D eigenvalue weighted by molar-refractivity contribution is -0.119. The lowest BCUT2D eigenvalue weighted by Gasteiger charge is -2.17. The largest absolute Gasteiger partial charge is 0.320 e. The highest BCUT2D eigenvalue weighted by atomic mass is 32.2. The minimum absolute atomic E-state index is 0.0228. The molecule has 1 atom stereocenters. The van der Waals surface area contributed by atoms with Crippen LogP contribution >= 0.6 is 0 Å². The standard InChI is InChI=1S/C27H27N5O4S/c1-17-13-15-22(16-14-17)37(35,36)31-29-25(26(33)28-24-18(2)9-8-10-19(24)3)23-20(4)30-32(27(23)34)21-11-6-5-7-12-21/h5-16,23,31H,1-4H3,(H,28,33)/b29-25+/t23-/m0/s1. The lowest BCUT2D eigenvalue weighted by Crippen LogP contribution is -2.41. The second-order valence-electron chi connectivity index (χ2n) is 8.79. The van der Waals surface area contributed by atoms with Crippen molar-refractivity contribution in [1.82, 2.24) is 4.83 Å². The number of rotatable bonds is 7. The van der Waals surface area contributed by atoms with E-state index >= 15 is 0 Å². The van der Waals surface area contributed by atoms with Crippen LogP contribution in [0.4, 0.5) is 11.4 Å². The molecule has 4 rings (SSSR count). The van der Waals surface area contributed by atoms with E-state index in [0.29, 0.717) is 17.1 Å². The summed E-state index contributed by atoms with van der Waals surface area (Å²) < 4.78 is 25.9. The molecule has 9 nitrogen and oxygen atoms in total. The summed E-state index contributed by atoms with van der Waals surface area (Å²) in [5.74, 6) is -2.43. The minimum Gasteiger partial charge on any atom is -0.320 e. The third-order valence-electron chi connectivity index (χ3n) is 5.98. The molecule has 2 amide bonds. The topological polar surface area (TPSA) is 120 Å². The van der Waals surface area contributed by atoms with Crippen LogP contribution in [0.15, 0.2) is 87.9 Å². The molecule has 0 aliphatic carbocycles. The molecule has 1 heterocycles. The molecular weight excluding hydrogens is 490 g/mol. The fourth-order valence-electron chi connectivity index (χ4n) is 3.95. The molecule has 1 aliphatic rings. The molecule has 10 heteroatoms. The van der Waals surface area contributed by atoms with Crippen molar-refractivity contribution in [3.8, 4) is 0 Å². The van der Waals surface area contributed by atoms with Crippen LogP contribution in [0.2, 0.25) is 0 Å². The molecule has 0 aromatic heterocycles. The van der Waals surface area contributed by atoms with Gasteiger partial charge in [-0.1, -0.05) is 54.1 Å². The van der Waals surface area contributed by atoms with Gasteiger partial charge in [-0.15, -0.1) is 0 Å². The van der Waals surface area contributed by atoms with Crippen molar-refractivity contribution >= 4 is 44.6 Å². The first-order valence-electron chi connectivity index (χ1n) is 11.6. The van der Waals surface area contributed by atoms with Gasteiger partial charge >= 0.3 is 0 Å². The zero-order valence-corrected chi connectivity index (χ0v) is 21.7. The molecule has 0 saturated carbocycles. The number of benzene rings is 3. The first-order valence-corrected chi connectivity index (χ1v) is 13.0. The van der Waals surface area contributed by atoms with Crippen LogP contribution in [0.1, 0.15) is 23.6 Å². The van der Waals surface area contributed by atoms with E-state index < -0.39 is 27.8 Å². The molecule has 3 aromatic rings. The molecule has 0 fully saturated rings. The Morgan fingerprint density at radius 1 is 0.892 bits per heavy atom. The molecule has 0 unspecified atom stereocenters. The number of sulfonamides is 1. The molecule has 0 spiro atoms. The lowest BCUT2D eigenvalue weighted by atomic mass is 9.97. The number of nitrogens with one attached hydrogen (secondary N) is 2. The van der Waals surface area contributed by atoms with Crippen LogP contribution in [0.5, 0.6) is 0 Å². The summed E-state index contributed by atoms with van der Waals surface area (Å²) in [6.07, 6.45) is 0. The highest BCUT2D eigenvalue weighted by Crippen LogP contribution is 2.26. The van der Waals surface area contributed by atoms with E-state index in [1.54, 1.807) is 43.3 Å². The fourth-order valence-corrected chi connectivity index (χ4v) is 4.77. The van der Waals surface area contributed by atoms with Crippen LogP contribution in [0.3, 0.4) is 0 Å². The number of anilines is 2. The number of hydrogen-bond donors (Lipinski definition) is 2. The van der Waals surface area contributed by atoms with Gasteiger partial charge in [0.15, 0.2) is 0 Å². The van der Waals surface area contributed by atoms with Gasteiger partial charge < -0.3 is 5.32 Å². The summed E-state index contributed by atoms with van der Waals surface area (Å²) in [5.41, 5.74) is 3.57. The van der Waals surface area contributed by atoms with Crippen molar-refractivity contribution in [2.75, 3.05) is 10.3 Å². The molecular formula is C27H27N5O4S. The first kappa shape index (κ1) is 25.8. The first-order chi connectivity index (χ1) is 17.6. The molecule has 0 radical (unpaired) electrons. The average Bonchev–Trinajstić information content (AvgIpc) is 3.16. The molecule has 2 N–H and O–H groups in total. The Labute approximate surface area is 215 Å². The van der Waals surface area contributed by atoms with Crippen molar-refractivity contribution in [1.29, 1.82) is 0 Å². The maximum atomic E-state index is 13.5. The molecule has 1 aliphatic heterocycles. The van der Waals surface area contributed by atoms with Crippen LogP contribution in [0, 0.1) is 26.7 Å². The summed E-state index contributed by atoms with van der Waals surface area (Å²) in [7, 11) is -4.11. The third-order valence-corrected chi connectivity index (χ3v) is 7.20. The number of carbonyl (C=O) groups is 2. The summed E-state index contributed by atoms with van der Waals surface area (Å²) in [4.78, 5) is 29.1. The Hall–Kier alpha value is -4.31. The van der Waals surface area contributed by atoms with Crippen molar-refractivity contribution in [3.05, 3.63) is 89.5 Å². The Morgan fingerprint density at radius 2 is 1.51 bits per heavy atom. The number of carbonyl (C=O) groups excluding carboxylic acids is 2. The Kier molecular flexibility index (Phi) is 7.21. The Morgan fingerprint density at radius 3 is 2.14 bits per heavy atom. The summed E-state index contributed by atoms with van der Waals surface area (Å²) in [6, 6.07) is 20.5. The molecule has 190 valence electrons. The number of nitrogens with zero attached hydrogens (tertiary/aromatic N) is 3. The van der Waals surface area contributed by atoms with Gasteiger partial charge in [-0.2, -0.15) is 28.5 Å². The SMILES string of the molecule is CC1=NN(c2ccccc2)C(=O)[C@@H]1/C(=N\NS(=O)(=O)c1ccc(C)cc1)C(=O)Nc1c(C)cccc1C. The van der Waals surface area contributed by atoms with E-state index in [0.717, 1.165) is 16.7 Å². The van der Waals surface area contributed by atoms with Crippen LogP contribution < -0.4 is 15.2 Å². The normalized spacial score (nSPS) is 15.9. The van der Waals surface area contributed by atoms with Gasteiger partial charge in [0.1, 0.15) is 11.6 Å². The van der Waals surface area contributed by atoms with E-state index in [4.69, 9.17) is 0 Å². The summed E-state index contributed by atoms with van der Waals surface area (Å²) in [5, 5.41) is 12.3. The number of hydrogen-bond acceptors (Lipinski definition) is 6. The zero-order valence-electron chi connectivity index (χ0n) is 20.9. The molecule has 37 heavy (non-hydrogen) atoms. The van der Waals surface area contributed by atoms with E-state index in [1.807, 2.05) is 45.0 Å². The van der Waals surface area contributed by atoms with Gasteiger partial charge in [0.05, 0.1) is 16.3 Å². The third kappa shape index (κ3) is 5.44. The van der Waals surface area contributed by atoms with Crippen molar-refractivity contribution in [2.24, 2.45) is 16.1 Å². The number of hydrazone groups is 2. The van der Waals surface area contributed by atoms with Crippen LogP contribution in [-0.2, 0) is 19.6 Å². The van der Waals surface area contributed by atoms with E-state index in [-0.39, 0.29) is 10.6 Å². The fraction of sp³-hybridized carbons (Fsp3) is 0.185. The molecule has 3 aromatic carbocycles. The average molecular weight is 518 g/mol. The van der Waals surface area contributed by atoms with Crippen molar-refractivity contribution in [2.45, 2.75) is 32.6 Å². The van der Waals surface area contributed by atoms with E-state index in [9.17, 15) is 18.0 Å². The van der Waals surface area contributed by atoms with E-state index in [1.165, 1.54) is 17.1 Å². The summed E-state index contributed by atoms with van der Waals surface area (Å²) >= 11 is 0. The van der Waals surface area contributed by atoms with Gasteiger partial charge in [0.2, 0.25) is 0 Å². The smallest absolute Gasteiger partial charge is 0.276 e. The molecule has 0 bridgehead atoms. The Balaban J connectivity index is 1.72. The number of aryl methyl sites for hydroxylation is 3. The quantitative estimate of drug-likeness (QED) is 0.364. The van der Waals surface area contributed by atoms with Gasteiger partial charge in [0, 0.05) is 5.69 Å². The molecule has 0 saturated heterocycles. The highest BCUT2D eigenvalue weighted by Gasteiger charge is 2.41.